The van der Waals surface area contributed by atoms with E-state index < -0.39 is 10.0 Å². The van der Waals surface area contributed by atoms with E-state index >= 15 is 0 Å². The van der Waals surface area contributed by atoms with Crippen molar-refractivity contribution in [2.45, 2.75) is 25.4 Å². The van der Waals surface area contributed by atoms with Crippen LogP contribution in [-0.2, 0) is 16.6 Å². The molecule has 0 saturated carbocycles. The fraction of sp³-hybridized carbons (Fsp3) is 0.250. The first-order valence-electron chi connectivity index (χ1n) is 5.85. The Kier molecular flexibility index (Phi) is 4.41. The van der Waals surface area contributed by atoms with Crippen LogP contribution in [0.1, 0.15) is 12.7 Å². The number of hydrogen-bond acceptors (Lipinski definition) is 3. The van der Waals surface area contributed by atoms with Crippen molar-refractivity contribution in [3.63, 3.8) is 0 Å². The van der Waals surface area contributed by atoms with Crippen LogP contribution in [0.3, 0.4) is 0 Å². The molecule has 0 aliphatic rings. The summed E-state index contributed by atoms with van der Waals surface area (Å²) >= 11 is 9.19. The first kappa shape index (κ1) is 15.3. The number of rotatable bonds is 4. The van der Waals surface area contributed by atoms with Crippen molar-refractivity contribution in [2.24, 2.45) is 0 Å². The number of nitrogens with one attached hydrogen (secondary N) is 1. The molecule has 0 aliphatic heterocycles. The van der Waals surface area contributed by atoms with Gasteiger partial charge in [0.05, 0.1) is 10.7 Å². The molecule has 0 radical (unpaired) electrons. The molecule has 20 heavy (non-hydrogen) atoms. The lowest BCUT2D eigenvalue weighted by atomic mass is 10.3. The number of sulfonamides is 1. The lowest BCUT2D eigenvalue weighted by molar-refractivity contribution is 0.598. The standard InChI is InChI=1S/C12H13BrClN3O2S/c1-3-17-7-12(15-8(17)2)20(18,19)16-9-4-5-10(13)11(14)6-9/h4-7,16H,3H2,1-2H3. The minimum atomic E-state index is -3.71. The molecule has 0 amide bonds. The number of benzene rings is 1. The average Bonchev–Trinajstić information content (AvgIpc) is 2.76. The molecule has 1 N–H and O–H groups in total. The number of halogens is 2. The summed E-state index contributed by atoms with van der Waals surface area (Å²) in [7, 11) is -3.71. The molecule has 0 atom stereocenters. The first-order valence-corrected chi connectivity index (χ1v) is 8.50. The van der Waals surface area contributed by atoms with E-state index in [1.807, 2.05) is 6.92 Å². The van der Waals surface area contributed by atoms with Crippen LogP contribution in [0.15, 0.2) is 33.9 Å². The molecular formula is C12H13BrClN3O2S. The minimum absolute atomic E-state index is 0.00380. The number of aryl methyl sites for hydroxylation is 2. The van der Waals surface area contributed by atoms with Crippen molar-refractivity contribution in [1.82, 2.24) is 9.55 Å². The minimum Gasteiger partial charge on any atom is -0.334 e. The maximum atomic E-state index is 12.2. The van der Waals surface area contributed by atoms with Crippen LogP contribution >= 0.6 is 27.5 Å². The molecule has 0 unspecified atom stereocenters. The molecular weight excluding hydrogens is 366 g/mol. The van der Waals surface area contributed by atoms with Gasteiger partial charge in [0.25, 0.3) is 10.0 Å². The largest absolute Gasteiger partial charge is 0.334 e. The maximum absolute atomic E-state index is 12.2. The summed E-state index contributed by atoms with van der Waals surface area (Å²) in [5.41, 5.74) is 0.391. The quantitative estimate of drug-likeness (QED) is 0.886. The van der Waals surface area contributed by atoms with Crippen LogP contribution in [0.2, 0.25) is 5.02 Å². The van der Waals surface area contributed by atoms with Gasteiger partial charge in [-0.05, 0) is 48.0 Å². The molecule has 0 aliphatic carbocycles. The molecule has 5 nitrogen and oxygen atoms in total. The summed E-state index contributed by atoms with van der Waals surface area (Å²) in [5, 5.41) is 0.427. The third-order valence-corrected chi connectivity index (χ3v) is 5.23. The number of nitrogens with zero attached hydrogens (tertiary/aromatic N) is 2. The van der Waals surface area contributed by atoms with E-state index in [9.17, 15) is 8.42 Å². The van der Waals surface area contributed by atoms with Crippen LogP contribution in [0.4, 0.5) is 5.69 Å². The van der Waals surface area contributed by atoms with Gasteiger partial charge in [0.2, 0.25) is 0 Å². The second-order valence-corrected chi connectivity index (χ2v) is 7.04. The van der Waals surface area contributed by atoms with Gasteiger partial charge in [0.15, 0.2) is 5.03 Å². The van der Waals surface area contributed by atoms with Crippen LogP contribution in [-0.4, -0.2) is 18.0 Å². The van der Waals surface area contributed by atoms with Crippen molar-refractivity contribution < 1.29 is 8.42 Å². The summed E-state index contributed by atoms with van der Waals surface area (Å²) in [6, 6.07) is 4.83. The zero-order valence-electron chi connectivity index (χ0n) is 10.9. The van der Waals surface area contributed by atoms with Crippen LogP contribution in [0.5, 0.6) is 0 Å². The summed E-state index contributed by atoms with van der Waals surface area (Å²) in [6.45, 7) is 4.35. The van der Waals surface area contributed by atoms with E-state index in [0.717, 1.165) is 0 Å². The van der Waals surface area contributed by atoms with Crippen molar-refractivity contribution in [2.75, 3.05) is 4.72 Å². The Morgan fingerprint density at radius 3 is 2.70 bits per heavy atom. The zero-order valence-corrected chi connectivity index (χ0v) is 14.1. The highest BCUT2D eigenvalue weighted by Crippen LogP contribution is 2.26. The lowest BCUT2D eigenvalue weighted by Crippen LogP contribution is -2.13. The molecule has 1 heterocycles. The second kappa shape index (κ2) is 5.75. The Hall–Kier alpha value is -1.05. The Labute approximate surface area is 131 Å². The molecule has 2 rings (SSSR count). The fourth-order valence-corrected chi connectivity index (χ4v) is 3.18. The maximum Gasteiger partial charge on any atom is 0.280 e. The molecule has 1 aromatic carbocycles. The Morgan fingerprint density at radius 2 is 2.15 bits per heavy atom. The predicted molar refractivity (Wildman–Crippen MR) is 82.6 cm³/mol. The lowest BCUT2D eigenvalue weighted by Gasteiger charge is -2.06. The third kappa shape index (κ3) is 3.16. The summed E-state index contributed by atoms with van der Waals surface area (Å²) in [6.07, 6.45) is 1.51. The molecule has 8 heteroatoms. The Morgan fingerprint density at radius 1 is 1.45 bits per heavy atom. The van der Waals surface area contributed by atoms with Gasteiger partial charge in [-0.15, -0.1) is 0 Å². The van der Waals surface area contributed by atoms with Gasteiger partial charge in [-0.1, -0.05) is 11.6 Å². The van der Waals surface area contributed by atoms with Gasteiger partial charge in [-0.3, -0.25) is 4.72 Å². The van der Waals surface area contributed by atoms with E-state index in [-0.39, 0.29) is 5.03 Å². The average molecular weight is 379 g/mol. The van der Waals surface area contributed by atoms with Crippen molar-refractivity contribution in [1.29, 1.82) is 0 Å². The number of aromatic nitrogens is 2. The Balaban J connectivity index is 2.32. The number of imidazole rings is 1. The topological polar surface area (TPSA) is 64.0 Å². The zero-order chi connectivity index (χ0) is 14.9. The van der Waals surface area contributed by atoms with E-state index in [1.165, 1.54) is 12.3 Å². The van der Waals surface area contributed by atoms with E-state index in [4.69, 9.17) is 11.6 Å². The van der Waals surface area contributed by atoms with E-state index in [2.05, 4.69) is 25.6 Å². The molecule has 0 saturated heterocycles. The van der Waals surface area contributed by atoms with Gasteiger partial charge >= 0.3 is 0 Å². The molecule has 108 valence electrons. The van der Waals surface area contributed by atoms with Gasteiger partial charge in [-0.25, -0.2) is 4.98 Å². The normalized spacial score (nSPS) is 11.6. The van der Waals surface area contributed by atoms with Crippen molar-refractivity contribution in [3.8, 4) is 0 Å². The summed E-state index contributed by atoms with van der Waals surface area (Å²) < 4.78 is 29.4. The monoisotopic (exact) mass is 377 g/mol. The first-order chi connectivity index (χ1) is 9.33. The molecule has 0 bridgehead atoms. The summed E-state index contributed by atoms with van der Waals surface area (Å²) in [5.74, 6) is 0.654. The van der Waals surface area contributed by atoms with Gasteiger partial charge in [-0.2, -0.15) is 8.42 Å². The van der Waals surface area contributed by atoms with Crippen LogP contribution < -0.4 is 4.72 Å². The molecule has 0 fully saturated rings. The number of anilines is 1. The fourth-order valence-electron chi connectivity index (χ4n) is 1.70. The number of hydrogen-bond donors (Lipinski definition) is 1. The SMILES string of the molecule is CCn1cc(S(=O)(=O)Nc2ccc(Br)c(Cl)c2)nc1C. The highest BCUT2D eigenvalue weighted by molar-refractivity contribution is 9.10. The van der Waals surface area contributed by atoms with E-state index in [1.54, 1.807) is 23.6 Å². The molecule has 1 aromatic heterocycles. The second-order valence-electron chi connectivity index (χ2n) is 4.15. The smallest absolute Gasteiger partial charge is 0.280 e. The van der Waals surface area contributed by atoms with E-state index in [0.29, 0.717) is 27.6 Å². The highest BCUT2D eigenvalue weighted by atomic mass is 79.9. The third-order valence-electron chi connectivity index (χ3n) is 2.74. The van der Waals surface area contributed by atoms with Gasteiger partial charge in [0.1, 0.15) is 5.82 Å². The van der Waals surface area contributed by atoms with Crippen molar-refractivity contribution in [3.05, 3.63) is 39.7 Å². The predicted octanol–water partition coefficient (Wildman–Crippen LogP) is 3.43. The molecule has 0 spiro atoms. The van der Waals surface area contributed by atoms with Gasteiger partial charge < -0.3 is 4.57 Å². The highest BCUT2D eigenvalue weighted by Gasteiger charge is 2.19. The molecule has 2 aromatic rings. The van der Waals surface area contributed by atoms with Crippen molar-refractivity contribution >= 4 is 43.2 Å². The summed E-state index contributed by atoms with van der Waals surface area (Å²) in [4.78, 5) is 4.06. The van der Waals surface area contributed by atoms with Crippen LogP contribution in [0.25, 0.3) is 0 Å². The van der Waals surface area contributed by atoms with Crippen LogP contribution in [0, 0.1) is 6.92 Å². The Bertz CT molecular complexity index is 743. The van der Waals surface area contributed by atoms with Gasteiger partial charge in [0, 0.05) is 17.2 Å².